The van der Waals surface area contributed by atoms with Crippen LogP contribution in [0.4, 0.5) is 0 Å². The van der Waals surface area contributed by atoms with E-state index in [1.54, 1.807) is 12.1 Å². The minimum Gasteiger partial charge on any atom is -0.454 e. The molecule has 1 saturated carbocycles. The van der Waals surface area contributed by atoms with E-state index in [1.807, 2.05) is 32.9 Å². The predicted molar refractivity (Wildman–Crippen MR) is 108 cm³/mol. The summed E-state index contributed by atoms with van der Waals surface area (Å²) < 4.78 is 5.21. The average molecular weight is 389 g/mol. The number of rotatable bonds is 7. The molecule has 3 atom stereocenters. The van der Waals surface area contributed by atoms with Crippen molar-refractivity contribution in [2.45, 2.75) is 65.5 Å². The van der Waals surface area contributed by atoms with Crippen LogP contribution in [0, 0.1) is 18.8 Å². The Morgan fingerprint density at radius 1 is 1.14 bits per heavy atom. The van der Waals surface area contributed by atoms with Gasteiger partial charge in [0, 0.05) is 11.6 Å². The molecule has 2 rings (SSSR count). The average Bonchev–Trinajstić information content (AvgIpc) is 2.66. The Hall–Kier alpha value is -2.37. The Morgan fingerprint density at radius 3 is 2.46 bits per heavy atom. The highest BCUT2D eigenvalue weighted by atomic mass is 16.5. The first kappa shape index (κ1) is 21.9. The maximum Gasteiger partial charge on any atom is 0.329 e. The van der Waals surface area contributed by atoms with Crippen molar-refractivity contribution >= 4 is 17.8 Å². The van der Waals surface area contributed by atoms with Crippen LogP contribution in [0.15, 0.2) is 24.3 Å². The van der Waals surface area contributed by atoms with Gasteiger partial charge in [-0.1, -0.05) is 51.8 Å². The Balaban J connectivity index is 1.89. The number of amides is 2. The molecule has 0 unspecified atom stereocenters. The van der Waals surface area contributed by atoms with E-state index in [0.717, 1.165) is 24.8 Å². The van der Waals surface area contributed by atoms with Crippen LogP contribution in [0.2, 0.25) is 0 Å². The van der Waals surface area contributed by atoms with Gasteiger partial charge in [-0.05, 0) is 43.2 Å². The van der Waals surface area contributed by atoms with E-state index in [4.69, 9.17) is 4.74 Å². The summed E-state index contributed by atoms with van der Waals surface area (Å²) in [6.07, 6.45) is 4.36. The number of hydrogen-bond donors (Lipinski definition) is 2. The van der Waals surface area contributed by atoms with Gasteiger partial charge >= 0.3 is 5.97 Å². The van der Waals surface area contributed by atoms with Crippen LogP contribution in [0.25, 0.3) is 0 Å². The lowest BCUT2D eigenvalue weighted by Gasteiger charge is -2.29. The van der Waals surface area contributed by atoms with Gasteiger partial charge in [0.15, 0.2) is 6.61 Å². The first-order chi connectivity index (χ1) is 13.3. The highest BCUT2D eigenvalue weighted by molar-refractivity contribution is 5.98. The van der Waals surface area contributed by atoms with Crippen LogP contribution < -0.4 is 10.6 Å². The van der Waals surface area contributed by atoms with Crippen molar-refractivity contribution in [3.05, 3.63) is 35.4 Å². The largest absolute Gasteiger partial charge is 0.454 e. The van der Waals surface area contributed by atoms with Crippen LogP contribution in [-0.2, 0) is 14.3 Å². The second-order valence-corrected chi connectivity index (χ2v) is 8.05. The van der Waals surface area contributed by atoms with Crippen LogP contribution in [-0.4, -0.2) is 36.5 Å². The quantitative estimate of drug-likeness (QED) is 0.703. The van der Waals surface area contributed by atoms with Gasteiger partial charge in [0.05, 0.1) is 0 Å². The van der Waals surface area contributed by atoms with Gasteiger partial charge in [0.25, 0.3) is 11.8 Å². The van der Waals surface area contributed by atoms with Crippen LogP contribution in [0.3, 0.4) is 0 Å². The van der Waals surface area contributed by atoms with Crippen molar-refractivity contribution in [2.75, 3.05) is 6.61 Å². The zero-order valence-electron chi connectivity index (χ0n) is 17.3. The van der Waals surface area contributed by atoms with E-state index in [0.29, 0.717) is 11.5 Å². The van der Waals surface area contributed by atoms with Gasteiger partial charge in [0.2, 0.25) is 0 Å². The SMILES string of the molecule is Cc1ccccc1C(=O)N[C@H](C(=O)OCC(=O)N[C@H]1CCCC[C@H]1C)C(C)C. The standard InChI is InChI=1S/C22H32N2O4/c1-14(2)20(24-21(26)17-11-7-5-9-15(17)3)22(27)28-13-19(25)23-18-12-8-6-10-16(18)4/h5,7,9,11,14,16,18,20H,6,8,10,12-13H2,1-4H3,(H,23,25)(H,24,26)/t16-,18+,20+/m1/s1. The Morgan fingerprint density at radius 2 is 1.82 bits per heavy atom. The monoisotopic (exact) mass is 388 g/mol. The first-order valence-corrected chi connectivity index (χ1v) is 10.1. The highest BCUT2D eigenvalue weighted by Crippen LogP contribution is 2.23. The summed E-state index contributed by atoms with van der Waals surface area (Å²) in [6, 6.07) is 6.52. The van der Waals surface area contributed by atoms with Crippen molar-refractivity contribution in [3.8, 4) is 0 Å². The highest BCUT2D eigenvalue weighted by Gasteiger charge is 2.28. The lowest BCUT2D eigenvalue weighted by molar-refractivity contribution is -0.151. The van der Waals surface area contributed by atoms with Crippen LogP contribution in [0.1, 0.15) is 62.4 Å². The van der Waals surface area contributed by atoms with E-state index in [9.17, 15) is 14.4 Å². The molecule has 1 fully saturated rings. The zero-order valence-corrected chi connectivity index (χ0v) is 17.3. The number of nitrogens with one attached hydrogen (secondary N) is 2. The summed E-state index contributed by atoms with van der Waals surface area (Å²) in [5, 5.41) is 5.70. The number of ether oxygens (including phenoxy) is 1. The fraction of sp³-hybridized carbons (Fsp3) is 0.591. The van der Waals surface area contributed by atoms with E-state index < -0.39 is 12.0 Å². The molecule has 28 heavy (non-hydrogen) atoms. The molecule has 0 saturated heterocycles. The van der Waals surface area contributed by atoms with E-state index in [2.05, 4.69) is 17.6 Å². The lowest BCUT2D eigenvalue weighted by atomic mass is 9.86. The van der Waals surface area contributed by atoms with Gasteiger partial charge in [-0.2, -0.15) is 0 Å². The molecule has 0 radical (unpaired) electrons. The summed E-state index contributed by atoms with van der Waals surface area (Å²) >= 11 is 0. The Labute approximate surface area is 167 Å². The minimum absolute atomic E-state index is 0.140. The second kappa shape index (κ2) is 10.2. The van der Waals surface area contributed by atoms with Crippen molar-refractivity contribution in [1.82, 2.24) is 10.6 Å². The minimum atomic E-state index is -0.812. The predicted octanol–water partition coefficient (Wildman–Crippen LogP) is 2.99. The topological polar surface area (TPSA) is 84.5 Å². The maximum atomic E-state index is 12.5. The van der Waals surface area contributed by atoms with Crippen molar-refractivity contribution in [3.63, 3.8) is 0 Å². The zero-order chi connectivity index (χ0) is 20.7. The maximum absolute atomic E-state index is 12.5. The molecule has 1 aromatic rings. The van der Waals surface area contributed by atoms with Crippen LogP contribution >= 0.6 is 0 Å². The second-order valence-electron chi connectivity index (χ2n) is 8.05. The molecule has 2 amide bonds. The molecule has 0 aliphatic heterocycles. The van der Waals surface area contributed by atoms with E-state index in [1.165, 1.54) is 6.42 Å². The fourth-order valence-electron chi connectivity index (χ4n) is 3.55. The van der Waals surface area contributed by atoms with Crippen molar-refractivity contribution in [1.29, 1.82) is 0 Å². The molecule has 1 aliphatic rings. The lowest BCUT2D eigenvalue weighted by Crippen LogP contribution is -2.47. The number of esters is 1. The number of hydrogen-bond acceptors (Lipinski definition) is 4. The molecule has 0 aromatic heterocycles. The van der Waals surface area contributed by atoms with E-state index >= 15 is 0 Å². The summed E-state index contributed by atoms with van der Waals surface area (Å²) in [6.45, 7) is 7.30. The molecule has 1 aliphatic carbocycles. The third-order valence-electron chi connectivity index (χ3n) is 5.40. The molecular weight excluding hydrogens is 356 g/mol. The van der Waals surface area contributed by atoms with Gasteiger partial charge in [-0.25, -0.2) is 4.79 Å². The molecule has 6 heteroatoms. The summed E-state index contributed by atoms with van der Waals surface area (Å²) in [5.74, 6) is -0.940. The molecule has 2 N–H and O–H groups in total. The molecular formula is C22H32N2O4. The van der Waals surface area contributed by atoms with Gasteiger partial charge < -0.3 is 15.4 Å². The molecule has 0 bridgehead atoms. The van der Waals surface area contributed by atoms with Crippen molar-refractivity contribution in [2.24, 2.45) is 11.8 Å². The number of aryl methyl sites for hydroxylation is 1. The first-order valence-electron chi connectivity index (χ1n) is 10.1. The third-order valence-corrected chi connectivity index (χ3v) is 5.40. The van der Waals surface area contributed by atoms with Gasteiger partial charge in [-0.15, -0.1) is 0 Å². The molecule has 0 spiro atoms. The molecule has 154 valence electrons. The molecule has 1 aromatic carbocycles. The fourth-order valence-corrected chi connectivity index (χ4v) is 3.55. The number of carbonyl (C=O) groups is 3. The smallest absolute Gasteiger partial charge is 0.329 e. The summed E-state index contributed by atoms with van der Waals surface area (Å²) in [7, 11) is 0. The number of carbonyl (C=O) groups excluding carboxylic acids is 3. The summed E-state index contributed by atoms with van der Waals surface area (Å²) in [5.41, 5.74) is 1.35. The van der Waals surface area contributed by atoms with Gasteiger partial charge in [0.1, 0.15) is 6.04 Å². The van der Waals surface area contributed by atoms with Crippen molar-refractivity contribution < 1.29 is 19.1 Å². The van der Waals surface area contributed by atoms with Gasteiger partial charge in [-0.3, -0.25) is 9.59 Å². The molecule has 0 heterocycles. The third kappa shape index (κ3) is 6.08. The Bertz CT molecular complexity index is 702. The molecule has 6 nitrogen and oxygen atoms in total. The van der Waals surface area contributed by atoms with E-state index in [-0.39, 0.29) is 30.4 Å². The number of benzene rings is 1. The normalized spacial score (nSPS) is 20.3. The Kier molecular flexibility index (Phi) is 8.03. The summed E-state index contributed by atoms with van der Waals surface area (Å²) in [4.78, 5) is 37.2. The van der Waals surface area contributed by atoms with Crippen LogP contribution in [0.5, 0.6) is 0 Å².